The third-order valence-corrected chi connectivity index (χ3v) is 4.29. The number of nitrogens with zero attached hydrogens (tertiary/aromatic N) is 1. The molecule has 1 heterocycles. The van der Waals surface area contributed by atoms with Gasteiger partial charge in [-0.2, -0.15) is 0 Å². The SMILES string of the molecule is CC(=O)N1c2ccccc2C(O)C(C)C1C1CC1. The highest BCUT2D eigenvalue weighted by Crippen LogP contribution is 2.48. The average Bonchev–Trinajstić information content (AvgIpc) is 3.17. The van der Waals surface area contributed by atoms with Gasteiger partial charge in [0.25, 0.3) is 0 Å². The van der Waals surface area contributed by atoms with Gasteiger partial charge in [0.2, 0.25) is 5.91 Å². The quantitative estimate of drug-likeness (QED) is 0.825. The summed E-state index contributed by atoms with van der Waals surface area (Å²) >= 11 is 0. The smallest absolute Gasteiger partial charge is 0.224 e. The molecule has 3 heteroatoms. The molecule has 1 fully saturated rings. The predicted octanol–water partition coefficient (Wildman–Crippen LogP) is 2.50. The Morgan fingerprint density at radius 2 is 2.00 bits per heavy atom. The van der Waals surface area contributed by atoms with Crippen LogP contribution in [-0.2, 0) is 4.79 Å². The van der Waals surface area contributed by atoms with Gasteiger partial charge in [0, 0.05) is 30.1 Å². The molecule has 1 saturated carbocycles. The van der Waals surface area contributed by atoms with E-state index in [2.05, 4.69) is 6.92 Å². The minimum atomic E-state index is -0.456. The first-order valence-corrected chi connectivity index (χ1v) is 6.68. The molecule has 18 heavy (non-hydrogen) atoms. The molecule has 3 unspecified atom stereocenters. The number of rotatable bonds is 1. The van der Waals surface area contributed by atoms with Crippen molar-refractivity contribution in [3.8, 4) is 0 Å². The first-order valence-electron chi connectivity index (χ1n) is 6.68. The van der Waals surface area contributed by atoms with Gasteiger partial charge in [-0.15, -0.1) is 0 Å². The monoisotopic (exact) mass is 245 g/mol. The molecule has 0 saturated heterocycles. The number of hydrogen-bond acceptors (Lipinski definition) is 2. The maximum absolute atomic E-state index is 12.0. The molecule has 2 aliphatic rings. The maximum atomic E-state index is 12.0. The molecule has 3 atom stereocenters. The van der Waals surface area contributed by atoms with Crippen molar-refractivity contribution in [3.05, 3.63) is 29.8 Å². The van der Waals surface area contributed by atoms with Crippen LogP contribution in [0.15, 0.2) is 24.3 Å². The summed E-state index contributed by atoms with van der Waals surface area (Å²) in [7, 11) is 0. The van der Waals surface area contributed by atoms with E-state index in [9.17, 15) is 9.90 Å². The van der Waals surface area contributed by atoms with Crippen LogP contribution in [0.4, 0.5) is 5.69 Å². The fraction of sp³-hybridized carbons (Fsp3) is 0.533. The Labute approximate surface area is 107 Å². The summed E-state index contributed by atoms with van der Waals surface area (Å²) in [4.78, 5) is 13.9. The van der Waals surface area contributed by atoms with Crippen molar-refractivity contribution in [2.75, 3.05) is 4.90 Å². The molecule has 3 rings (SSSR count). The van der Waals surface area contributed by atoms with E-state index in [0.717, 1.165) is 11.3 Å². The molecule has 96 valence electrons. The molecule has 0 radical (unpaired) electrons. The van der Waals surface area contributed by atoms with Crippen LogP contribution >= 0.6 is 0 Å². The Morgan fingerprint density at radius 1 is 1.33 bits per heavy atom. The summed E-state index contributed by atoms with van der Waals surface area (Å²) in [6, 6.07) is 7.88. The highest BCUT2D eigenvalue weighted by Gasteiger charge is 2.46. The number of carbonyl (C=O) groups excluding carboxylic acids is 1. The van der Waals surface area contributed by atoms with Gasteiger partial charge >= 0.3 is 0 Å². The van der Waals surface area contributed by atoms with Crippen LogP contribution in [0, 0.1) is 11.8 Å². The molecular weight excluding hydrogens is 226 g/mol. The van der Waals surface area contributed by atoms with Crippen molar-refractivity contribution < 1.29 is 9.90 Å². The van der Waals surface area contributed by atoms with Crippen LogP contribution < -0.4 is 4.90 Å². The summed E-state index contributed by atoms with van der Waals surface area (Å²) < 4.78 is 0. The maximum Gasteiger partial charge on any atom is 0.224 e. The van der Waals surface area contributed by atoms with Crippen molar-refractivity contribution in [1.82, 2.24) is 0 Å². The van der Waals surface area contributed by atoms with Crippen molar-refractivity contribution >= 4 is 11.6 Å². The van der Waals surface area contributed by atoms with Crippen molar-refractivity contribution in [1.29, 1.82) is 0 Å². The van der Waals surface area contributed by atoms with E-state index in [1.165, 1.54) is 12.8 Å². The Hall–Kier alpha value is -1.35. The molecular formula is C15H19NO2. The number of anilines is 1. The van der Waals surface area contributed by atoms with E-state index in [1.54, 1.807) is 6.92 Å². The van der Waals surface area contributed by atoms with Crippen LogP contribution in [0.1, 0.15) is 38.4 Å². The fourth-order valence-corrected chi connectivity index (χ4v) is 3.28. The van der Waals surface area contributed by atoms with Crippen molar-refractivity contribution in [3.63, 3.8) is 0 Å². The molecule has 3 nitrogen and oxygen atoms in total. The lowest BCUT2D eigenvalue weighted by molar-refractivity contribution is -0.117. The van der Waals surface area contributed by atoms with Crippen molar-refractivity contribution in [2.45, 2.75) is 38.8 Å². The number of amides is 1. The van der Waals surface area contributed by atoms with E-state index in [1.807, 2.05) is 29.2 Å². The lowest BCUT2D eigenvalue weighted by Crippen LogP contribution is -2.49. The van der Waals surface area contributed by atoms with Gasteiger partial charge in [-0.05, 0) is 24.8 Å². The van der Waals surface area contributed by atoms with Crippen LogP contribution in [0.5, 0.6) is 0 Å². The normalized spacial score (nSPS) is 31.1. The van der Waals surface area contributed by atoms with E-state index >= 15 is 0 Å². The lowest BCUT2D eigenvalue weighted by Gasteiger charge is -2.43. The van der Waals surface area contributed by atoms with Gasteiger partial charge in [-0.25, -0.2) is 0 Å². The van der Waals surface area contributed by atoms with Gasteiger partial charge in [-0.3, -0.25) is 4.79 Å². The number of carbonyl (C=O) groups is 1. The molecule has 1 aliphatic heterocycles. The summed E-state index contributed by atoms with van der Waals surface area (Å²) in [6.45, 7) is 3.68. The zero-order chi connectivity index (χ0) is 12.9. The summed E-state index contributed by atoms with van der Waals surface area (Å²) in [5.74, 6) is 0.751. The first kappa shape index (κ1) is 11.7. The van der Waals surface area contributed by atoms with Gasteiger partial charge in [0.15, 0.2) is 0 Å². The zero-order valence-corrected chi connectivity index (χ0v) is 10.8. The van der Waals surface area contributed by atoms with E-state index in [0.29, 0.717) is 5.92 Å². The van der Waals surface area contributed by atoms with Gasteiger partial charge in [0.05, 0.1) is 6.10 Å². The number of fused-ring (bicyclic) bond motifs is 1. The number of para-hydroxylation sites is 1. The second kappa shape index (κ2) is 4.09. The molecule has 1 aliphatic carbocycles. The second-order valence-electron chi connectivity index (χ2n) is 5.58. The second-order valence-corrected chi connectivity index (χ2v) is 5.58. The molecule has 1 amide bonds. The molecule has 1 aromatic rings. The number of hydrogen-bond donors (Lipinski definition) is 1. The highest BCUT2D eigenvalue weighted by atomic mass is 16.3. The summed E-state index contributed by atoms with van der Waals surface area (Å²) in [6.07, 6.45) is 1.89. The van der Waals surface area contributed by atoms with Crippen LogP contribution in [-0.4, -0.2) is 17.1 Å². The van der Waals surface area contributed by atoms with Gasteiger partial charge < -0.3 is 10.0 Å². The molecule has 0 bridgehead atoms. The van der Waals surface area contributed by atoms with Crippen molar-refractivity contribution in [2.24, 2.45) is 11.8 Å². The minimum Gasteiger partial charge on any atom is -0.388 e. The minimum absolute atomic E-state index is 0.0816. The van der Waals surface area contributed by atoms with E-state index < -0.39 is 6.10 Å². The van der Waals surface area contributed by atoms with Gasteiger partial charge in [-0.1, -0.05) is 25.1 Å². The highest BCUT2D eigenvalue weighted by molar-refractivity contribution is 5.93. The van der Waals surface area contributed by atoms with Crippen LogP contribution in [0.3, 0.4) is 0 Å². The largest absolute Gasteiger partial charge is 0.388 e. The number of benzene rings is 1. The zero-order valence-electron chi connectivity index (χ0n) is 10.8. The molecule has 1 N–H and O–H groups in total. The van der Waals surface area contributed by atoms with E-state index in [4.69, 9.17) is 0 Å². The summed E-state index contributed by atoms with van der Waals surface area (Å²) in [5.41, 5.74) is 1.78. The summed E-state index contributed by atoms with van der Waals surface area (Å²) in [5, 5.41) is 10.4. The third-order valence-electron chi connectivity index (χ3n) is 4.29. The van der Waals surface area contributed by atoms with Crippen LogP contribution in [0.2, 0.25) is 0 Å². The molecule has 0 spiro atoms. The topological polar surface area (TPSA) is 40.5 Å². The lowest BCUT2D eigenvalue weighted by atomic mass is 9.82. The Kier molecular flexibility index (Phi) is 2.67. The Morgan fingerprint density at radius 3 is 2.61 bits per heavy atom. The number of aliphatic hydroxyl groups is 1. The Bertz CT molecular complexity index is 481. The molecule has 1 aromatic carbocycles. The third kappa shape index (κ3) is 1.65. The van der Waals surface area contributed by atoms with Gasteiger partial charge in [0.1, 0.15) is 0 Å². The first-order chi connectivity index (χ1) is 8.61. The average molecular weight is 245 g/mol. The van der Waals surface area contributed by atoms with Crippen LogP contribution in [0.25, 0.3) is 0 Å². The predicted molar refractivity (Wildman–Crippen MR) is 70.2 cm³/mol. The Balaban J connectivity index is 2.11. The molecule has 0 aromatic heterocycles. The number of aliphatic hydroxyl groups excluding tert-OH is 1. The van der Waals surface area contributed by atoms with E-state index in [-0.39, 0.29) is 17.9 Å². The fourth-order valence-electron chi connectivity index (χ4n) is 3.28. The standard InChI is InChI=1S/C15H19NO2/c1-9-14(11-7-8-11)16(10(2)17)13-6-4-3-5-12(13)15(9)18/h3-6,9,11,14-15,18H,7-8H2,1-2H3.